The summed E-state index contributed by atoms with van der Waals surface area (Å²) in [5.74, 6) is -1.88. The van der Waals surface area contributed by atoms with E-state index < -0.39 is 23.6 Å². The molecule has 0 spiro atoms. The minimum Gasteiger partial charge on any atom is -0.318 e. The van der Waals surface area contributed by atoms with Gasteiger partial charge in [-0.15, -0.1) is 0 Å². The molecule has 0 heterocycles. The van der Waals surface area contributed by atoms with Crippen molar-refractivity contribution in [2.75, 3.05) is 10.6 Å². The molecule has 138 valence electrons. The van der Waals surface area contributed by atoms with Crippen LogP contribution >= 0.6 is 0 Å². The highest BCUT2D eigenvalue weighted by Gasteiger charge is 2.30. The van der Waals surface area contributed by atoms with E-state index in [0.717, 1.165) is 29.8 Å². The number of rotatable bonds is 2. The standard InChI is InChI=1S/C19H19F3N2O2/c1-18(2,3)12-4-8-14(9-5-12)23-16(25)17(26)24-15-10-6-13(7-11-15)19(20,21)22/h4-11H,1-3H3,(H,23,25)(H,24,26). The molecule has 0 aliphatic rings. The first kappa shape index (κ1) is 19.5. The van der Waals surface area contributed by atoms with Crippen LogP contribution in [0.5, 0.6) is 0 Å². The molecule has 0 bridgehead atoms. The monoisotopic (exact) mass is 364 g/mol. The van der Waals surface area contributed by atoms with Crippen LogP contribution in [0, 0.1) is 0 Å². The van der Waals surface area contributed by atoms with E-state index >= 15 is 0 Å². The molecule has 0 atom stereocenters. The number of carbonyl (C=O) groups excluding carboxylic acids is 2. The van der Waals surface area contributed by atoms with Crippen molar-refractivity contribution in [1.29, 1.82) is 0 Å². The summed E-state index contributed by atoms with van der Waals surface area (Å²) >= 11 is 0. The van der Waals surface area contributed by atoms with Gasteiger partial charge in [0.25, 0.3) is 0 Å². The summed E-state index contributed by atoms with van der Waals surface area (Å²) < 4.78 is 37.5. The van der Waals surface area contributed by atoms with E-state index in [1.807, 2.05) is 12.1 Å². The Labute approximate surface area is 149 Å². The van der Waals surface area contributed by atoms with Gasteiger partial charge in [-0.05, 0) is 47.4 Å². The Bertz CT molecular complexity index is 720. The van der Waals surface area contributed by atoms with Crippen molar-refractivity contribution in [1.82, 2.24) is 0 Å². The molecular weight excluding hydrogens is 345 g/mol. The van der Waals surface area contributed by atoms with Gasteiger partial charge >= 0.3 is 18.0 Å². The largest absolute Gasteiger partial charge is 0.416 e. The molecule has 2 aromatic carbocycles. The lowest BCUT2D eigenvalue weighted by Gasteiger charge is -2.19. The lowest BCUT2D eigenvalue weighted by Crippen LogP contribution is -2.29. The average Bonchev–Trinajstić information content (AvgIpc) is 2.54. The van der Waals surface area contributed by atoms with Crippen LogP contribution in [0.4, 0.5) is 24.5 Å². The van der Waals surface area contributed by atoms with E-state index in [9.17, 15) is 22.8 Å². The first-order chi connectivity index (χ1) is 12.0. The average molecular weight is 364 g/mol. The molecule has 0 aliphatic carbocycles. The van der Waals surface area contributed by atoms with Gasteiger partial charge < -0.3 is 10.6 Å². The molecule has 0 aromatic heterocycles. The van der Waals surface area contributed by atoms with E-state index in [0.29, 0.717) is 5.69 Å². The van der Waals surface area contributed by atoms with Gasteiger partial charge in [-0.25, -0.2) is 0 Å². The van der Waals surface area contributed by atoms with Crippen molar-refractivity contribution in [3.05, 3.63) is 59.7 Å². The third kappa shape index (κ3) is 5.08. The summed E-state index contributed by atoms with van der Waals surface area (Å²) in [7, 11) is 0. The summed E-state index contributed by atoms with van der Waals surface area (Å²) in [6, 6.07) is 10.9. The molecule has 0 aliphatic heterocycles. The third-order valence-corrected chi connectivity index (χ3v) is 3.69. The summed E-state index contributed by atoms with van der Waals surface area (Å²) in [6.45, 7) is 6.16. The normalized spacial score (nSPS) is 11.8. The molecule has 2 aromatic rings. The third-order valence-electron chi connectivity index (χ3n) is 3.69. The van der Waals surface area contributed by atoms with Crippen molar-refractivity contribution in [3.63, 3.8) is 0 Å². The number of hydrogen-bond acceptors (Lipinski definition) is 2. The molecule has 0 radical (unpaired) electrons. The summed E-state index contributed by atoms with van der Waals surface area (Å²) in [4.78, 5) is 23.8. The summed E-state index contributed by atoms with van der Waals surface area (Å²) in [5, 5.41) is 4.70. The number of nitrogens with one attached hydrogen (secondary N) is 2. The Morgan fingerprint density at radius 3 is 1.35 bits per heavy atom. The number of alkyl halides is 3. The van der Waals surface area contributed by atoms with Gasteiger partial charge in [0.15, 0.2) is 0 Å². The second-order valence-electron chi connectivity index (χ2n) is 6.81. The minimum absolute atomic E-state index is 0.0392. The predicted octanol–water partition coefficient (Wildman–Crippen LogP) is 4.58. The quantitative estimate of drug-likeness (QED) is 0.767. The van der Waals surface area contributed by atoms with Crippen LogP contribution < -0.4 is 10.6 Å². The first-order valence-corrected chi connectivity index (χ1v) is 7.87. The van der Waals surface area contributed by atoms with E-state index in [-0.39, 0.29) is 11.1 Å². The minimum atomic E-state index is -4.46. The maximum atomic E-state index is 12.5. The molecule has 0 fully saturated rings. The first-order valence-electron chi connectivity index (χ1n) is 7.87. The van der Waals surface area contributed by atoms with Crippen molar-refractivity contribution in [3.8, 4) is 0 Å². The van der Waals surface area contributed by atoms with Gasteiger partial charge in [-0.2, -0.15) is 13.2 Å². The Hall–Kier alpha value is -2.83. The number of anilines is 2. The van der Waals surface area contributed by atoms with Crippen LogP contribution in [0.25, 0.3) is 0 Å². The fourth-order valence-electron chi connectivity index (χ4n) is 2.17. The second kappa shape index (κ2) is 7.19. The van der Waals surface area contributed by atoms with Crippen molar-refractivity contribution >= 4 is 23.2 Å². The van der Waals surface area contributed by atoms with Crippen LogP contribution in [-0.4, -0.2) is 11.8 Å². The SMILES string of the molecule is CC(C)(C)c1ccc(NC(=O)C(=O)Nc2ccc(C(F)(F)F)cc2)cc1. The highest BCUT2D eigenvalue weighted by molar-refractivity contribution is 6.43. The lowest BCUT2D eigenvalue weighted by molar-refractivity contribution is -0.137. The topological polar surface area (TPSA) is 58.2 Å². The van der Waals surface area contributed by atoms with Crippen molar-refractivity contribution in [2.45, 2.75) is 32.4 Å². The van der Waals surface area contributed by atoms with E-state index in [1.54, 1.807) is 12.1 Å². The van der Waals surface area contributed by atoms with E-state index in [4.69, 9.17) is 0 Å². The van der Waals surface area contributed by atoms with Gasteiger partial charge in [0.1, 0.15) is 0 Å². The predicted molar refractivity (Wildman–Crippen MR) is 93.8 cm³/mol. The van der Waals surface area contributed by atoms with Crippen molar-refractivity contribution < 1.29 is 22.8 Å². The molecule has 0 saturated heterocycles. The van der Waals surface area contributed by atoms with Gasteiger partial charge in [-0.1, -0.05) is 32.9 Å². The molecule has 2 N–H and O–H groups in total. The molecule has 4 nitrogen and oxygen atoms in total. The molecule has 0 saturated carbocycles. The van der Waals surface area contributed by atoms with Gasteiger partial charge in [0, 0.05) is 11.4 Å². The second-order valence-corrected chi connectivity index (χ2v) is 6.81. The maximum absolute atomic E-state index is 12.5. The molecule has 7 heteroatoms. The highest BCUT2D eigenvalue weighted by Crippen LogP contribution is 2.29. The zero-order chi connectivity index (χ0) is 19.5. The molecule has 2 amide bonds. The fraction of sp³-hybridized carbons (Fsp3) is 0.263. The lowest BCUT2D eigenvalue weighted by atomic mass is 9.87. The fourth-order valence-corrected chi connectivity index (χ4v) is 2.17. The molecule has 2 rings (SSSR count). The smallest absolute Gasteiger partial charge is 0.318 e. The van der Waals surface area contributed by atoms with Gasteiger partial charge in [0.05, 0.1) is 5.56 Å². The summed E-state index contributed by atoms with van der Waals surface area (Å²) in [6.07, 6.45) is -4.46. The zero-order valence-corrected chi connectivity index (χ0v) is 14.6. The Morgan fingerprint density at radius 1 is 0.692 bits per heavy atom. The highest BCUT2D eigenvalue weighted by atomic mass is 19.4. The van der Waals surface area contributed by atoms with Crippen LogP contribution in [0.15, 0.2) is 48.5 Å². The number of benzene rings is 2. The maximum Gasteiger partial charge on any atom is 0.416 e. The van der Waals surface area contributed by atoms with Crippen LogP contribution in [0.3, 0.4) is 0 Å². The Morgan fingerprint density at radius 2 is 1.04 bits per heavy atom. The van der Waals surface area contributed by atoms with Gasteiger partial charge in [-0.3, -0.25) is 9.59 Å². The molecule has 26 heavy (non-hydrogen) atoms. The van der Waals surface area contributed by atoms with E-state index in [2.05, 4.69) is 31.4 Å². The van der Waals surface area contributed by atoms with Crippen LogP contribution in [0.2, 0.25) is 0 Å². The van der Waals surface area contributed by atoms with Crippen LogP contribution in [-0.2, 0) is 21.2 Å². The number of carbonyl (C=O) groups is 2. The Balaban J connectivity index is 1.98. The number of amides is 2. The Kier molecular flexibility index (Phi) is 5.39. The molecular formula is C19H19F3N2O2. The van der Waals surface area contributed by atoms with Crippen LogP contribution in [0.1, 0.15) is 31.9 Å². The van der Waals surface area contributed by atoms with E-state index in [1.165, 1.54) is 0 Å². The summed E-state index contributed by atoms with van der Waals surface area (Å²) in [5.41, 5.74) is 0.748. The zero-order valence-electron chi connectivity index (χ0n) is 14.6. The number of hydrogen-bond donors (Lipinski definition) is 2. The van der Waals surface area contributed by atoms with Crippen molar-refractivity contribution in [2.24, 2.45) is 0 Å². The molecule has 0 unspecified atom stereocenters. The number of halogens is 3. The van der Waals surface area contributed by atoms with Gasteiger partial charge in [0.2, 0.25) is 0 Å².